The summed E-state index contributed by atoms with van der Waals surface area (Å²) in [4.78, 5) is 28.4. The molecule has 3 aromatic carbocycles. The van der Waals surface area contributed by atoms with E-state index in [0.717, 1.165) is 15.4 Å². The van der Waals surface area contributed by atoms with Gasteiger partial charge in [0.2, 0.25) is 11.8 Å². The van der Waals surface area contributed by atoms with E-state index in [1.807, 2.05) is 20.8 Å². The molecule has 41 heavy (non-hydrogen) atoms. The van der Waals surface area contributed by atoms with Gasteiger partial charge in [0, 0.05) is 23.1 Å². The van der Waals surface area contributed by atoms with Crippen LogP contribution in [-0.4, -0.2) is 51.4 Å². The van der Waals surface area contributed by atoms with Crippen molar-refractivity contribution in [3.63, 3.8) is 0 Å². The number of hydrogen-bond donors (Lipinski definition) is 1. The van der Waals surface area contributed by atoms with Gasteiger partial charge < -0.3 is 15.0 Å². The summed E-state index contributed by atoms with van der Waals surface area (Å²) < 4.78 is 34.0. The molecule has 11 heteroatoms. The summed E-state index contributed by atoms with van der Waals surface area (Å²) in [5.41, 5.74) is 1.74. The van der Waals surface area contributed by atoms with Gasteiger partial charge in [-0.05, 0) is 67.8 Å². The fourth-order valence-electron chi connectivity index (χ4n) is 4.01. The van der Waals surface area contributed by atoms with Gasteiger partial charge in [-0.15, -0.1) is 0 Å². The predicted octanol–water partition coefficient (Wildman–Crippen LogP) is 5.70. The lowest BCUT2D eigenvalue weighted by Gasteiger charge is -2.32. The number of sulfonamides is 1. The molecule has 8 nitrogen and oxygen atoms in total. The number of carbonyl (C=O) groups excluding carboxylic acids is 2. The largest absolute Gasteiger partial charge is 0.497 e. The molecule has 1 atom stereocenters. The average Bonchev–Trinajstić information content (AvgIpc) is 2.92. The minimum absolute atomic E-state index is 0.00331. The van der Waals surface area contributed by atoms with Gasteiger partial charge >= 0.3 is 0 Å². The molecule has 0 aliphatic carbocycles. The van der Waals surface area contributed by atoms with Crippen LogP contribution in [0.4, 0.5) is 5.69 Å². The maximum Gasteiger partial charge on any atom is 0.264 e. The smallest absolute Gasteiger partial charge is 0.264 e. The summed E-state index contributed by atoms with van der Waals surface area (Å²) in [5, 5.41) is 3.28. The van der Waals surface area contributed by atoms with Gasteiger partial charge in [0.1, 0.15) is 18.3 Å². The molecule has 220 valence electrons. The predicted molar refractivity (Wildman–Crippen MR) is 163 cm³/mol. The second-order valence-electron chi connectivity index (χ2n) is 10.1. The van der Waals surface area contributed by atoms with Crippen LogP contribution in [0.5, 0.6) is 5.75 Å². The van der Waals surface area contributed by atoms with Crippen LogP contribution >= 0.6 is 23.2 Å². The van der Waals surface area contributed by atoms with E-state index in [4.69, 9.17) is 27.9 Å². The highest BCUT2D eigenvalue weighted by molar-refractivity contribution is 7.92. The first-order valence-electron chi connectivity index (χ1n) is 13.1. The Morgan fingerprint density at radius 2 is 1.51 bits per heavy atom. The first kappa shape index (κ1) is 32.2. The van der Waals surface area contributed by atoms with Gasteiger partial charge in [0.25, 0.3) is 10.0 Å². The third kappa shape index (κ3) is 8.61. The lowest BCUT2D eigenvalue weighted by molar-refractivity contribution is -0.139. The highest BCUT2D eigenvalue weighted by Gasteiger charge is 2.33. The summed E-state index contributed by atoms with van der Waals surface area (Å²) in [6.45, 7) is 7.30. The maximum absolute atomic E-state index is 14.0. The Morgan fingerprint density at radius 1 is 0.927 bits per heavy atom. The van der Waals surface area contributed by atoms with E-state index in [9.17, 15) is 18.0 Å². The van der Waals surface area contributed by atoms with Crippen molar-refractivity contribution in [1.29, 1.82) is 0 Å². The first-order chi connectivity index (χ1) is 19.3. The van der Waals surface area contributed by atoms with Crippen molar-refractivity contribution >= 4 is 50.7 Å². The molecular formula is C30H35Cl2N3O5S. The van der Waals surface area contributed by atoms with Gasteiger partial charge in [-0.1, -0.05) is 66.9 Å². The summed E-state index contributed by atoms with van der Waals surface area (Å²) in [5.74, 6) is -0.0822. The quantitative estimate of drug-likeness (QED) is 0.281. The van der Waals surface area contributed by atoms with Crippen molar-refractivity contribution in [2.45, 2.75) is 45.2 Å². The van der Waals surface area contributed by atoms with Crippen LogP contribution < -0.4 is 14.4 Å². The fraction of sp³-hybridized carbons (Fsp3) is 0.333. The van der Waals surface area contributed by atoms with E-state index in [1.165, 1.54) is 35.2 Å². The Morgan fingerprint density at radius 3 is 2.05 bits per heavy atom. The number of benzene rings is 3. The minimum atomic E-state index is -4.23. The van der Waals surface area contributed by atoms with Crippen LogP contribution in [0.25, 0.3) is 0 Å². The van der Waals surface area contributed by atoms with Gasteiger partial charge in [0.15, 0.2) is 0 Å². The molecule has 2 amide bonds. The van der Waals surface area contributed by atoms with E-state index < -0.39 is 28.5 Å². The van der Waals surface area contributed by atoms with Crippen molar-refractivity contribution in [3.05, 3.63) is 87.9 Å². The number of hydrogen-bond acceptors (Lipinski definition) is 5. The lowest BCUT2D eigenvalue weighted by Crippen LogP contribution is -2.51. The van der Waals surface area contributed by atoms with Crippen LogP contribution in [-0.2, 0) is 26.2 Å². The number of rotatable bonds is 12. The van der Waals surface area contributed by atoms with Crippen molar-refractivity contribution in [2.75, 3.05) is 24.5 Å². The number of aryl methyl sites for hydroxylation is 1. The topological polar surface area (TPSA) is 96.0 Å². The Hall–Kier alpha value is -3.27. The molecule has 0 aliphatic heterocycles. The van der Waals surface area contributed by atoms with Gasteiger partial charge in [-0.25, -0.2) is 8.42 Å². The Bertz CT molecular complexity index is 1440. The van der Waals surface area contributed by atoms with Crippen LogP contribution in [0.15, 0.2) is 71.6 Å². The third-order valence-corrected chi connectivity index (χ3v) is 8.61. The molecular weight excluding hydrogens is 585 g/mol. The summed E-state index contributed by atoms with van der Waals surface area (Å²) in [7, 11) is -2.68. The monoisotopic (exact) mass is 619 g/mol. The number of anilines is 1. The van der Waals surface area contributed by atoms with E-state index in [1.54, 1.807) is 50.4 Å². The highest BCUT2D eigenvalue weighted by Crippen LogP contribution is 2.30. The summed E-state index contributed by atoms with van der Waals surface area (Å²) >= 11 is 12.5. The molecule has 0 spiro atoms. The number of carbonyl (C=O) groups is 2. The maximum atomic E-state index is 14.0. The second-order valence-corrected chi connectivity index (χ2v) is 12.9. The van der Waals surface area contributed by atoms with Gasteiger partial charge in [-0.3, -0.25) is 13.9 Å². The molecule has 3 rings (SSSR count). The molecule has 1 N–H and O–H groups in total. The summed E-state index contributed by atoms with van der Waals surface area (Å²) in [6.07, 6.45) is 0. The molecule has 0 radical (unpaired) electrons. The molecule has 0 heterocycles. The fourth-order valence-corrected chi connectivity index (χ4v) is 5.92. The van der Waals surface area contributed by atoms with Crippen LogP contribution in [0.2, 0.25) is 10.0 Å². The van der Waals surface area contributed by atoms with E-state index >= 15 is 0 Å². The number of nitrogens with one attached hydrogen (secondary N) is 1. The zero-order valence-corrected chi connectivity index (χ0v) is 26.1. The Kier molecular flexibility index (Phi) is 11.1. The number of nitrogens with zero attached hydrogens (tertiary/aromatic N) is 2. The molecule has 0 aliphatic rings. The Balaban J connectivity index is 2.04. The normalized spacial score (nSPS) is 12.1. The molecule has 0 aromatic heterocycles. The third-order valence-electron chi connectivity index (χ3n) is 6.39. The molecule has 0 fully saturated rings. The number of ether oxygens (including phenoxy) is 1. The second kappa shape index (κ2) is 14.1. The summed E-state index contributed by atoms with van der Waals surface area (Å²) in [6, 6.07) is 16.8. The molecule has 0 saturated carbocycles. The van der Waals surface area contributed by atoms with E-state index in [-0.39, 0.29) is 39.0 Å². The van der Waals surface area contributed by atoms with E-state index in [2.05, 4.69) is 5.32 Å². The average molecular weight is 621 g/mol. The van der Waals surface area contributed by atoms with Crippen molar-refractivity contribution in [2.24, 2.45) is 5.92 Å². The van der Waals surface area contributed by atoms with Crippen LogP contribution in [0.3, 0.4) is 0 Å². The zero-order chi connectivity index (χ0) is 30.3. The zero-order valence-electron chi connectivity index (χ0n) is 23.7. The number of methoxy groups -OCH3 is 1. The SMILES string of the molecule is COc1ccc(CN(C(=O)CN(c2cc(Cl)cc(Cl)c2)S(=O)(=O)c2ccc(C)cc2)[C@H](C)C(=O)NCC(C)C)cc1. The van der Waals surface area contributed by atoms with Gasteiger partial charge in [0.05, 0.1) is 17.7 Å². The Labute approximate surface area is 252 Å². The molecule has 0 unspecified atom stereocenters. The van der Waals surface area contributed by atoms with E-state index in [0.29, 0.717) is 12.3 Å². The lowest BCUT2D eigenvalue weighted by atomic mass is 10.1. The van der Waals surface area contributed by atoms with Gasteiger partial charge in [-0.2, -0.15) is 0 Å². The molecule has 0 bridgehead atoms. The van der Waals surface area contributed by atoms with Crippen LogP contribution in [0, 0.1) is 12.8 Å². The number of amides is 2. The standard InChI is InChI=1S/C30H35Cl2N3O5S/c1-20(2)17-33-30(37)22(4)34(18-23-8-10-27(40-5)11-9-23)29(36)19-35(26-15-24(31)14-25(32)16-26)41(38,39)28-12-6-21(3)7-13-28/h6-16,20,22H,17-19H2,1-5H3,(H,33,37)/t22-/m1/s1. The van der Waals surface area contributed by atoms with Crippen LogP contribution in [0.1, 0.15) is 31.9 Å². The highest BCUT2D eigenvalue weighted by atomic mass is 35.5. The van der Waals surface area contributed by atoms with Crippen molar-refractivity contribution in [1.82, 2.24) is 10.2 Å². The van der Waals surface area contributed by atoms with Crippen molar-refractivity contribution in [3.8, 4) is 5.75 Å². The molecule has 3 aromatic rings. The minimum Gasteiger partial charge on any atom is -0.497 e. The molecule has 0 saturated heterocycles. The van der Waals surface area contributed by atoms with Crippen molar-refractivity contribution < 1.29 is 22.7 Å². The number of halogens is 2. The first-order valence-corrected chi connectivity index (χ1v) is 15.3.